The van der Waals surface area contributed by atoms with Crippen molar-refractivity contribution in [1.29, 1.82) is 0 Å². The van der Waals surface area contributed by atoms with Crippen LogP contribution >= 0.6 is 11.3 Å². The molecule has 0 aromatic carbocycles. The van der Waals surface area contributed by atoms with Crippen molar-refractivity contribution in [3.8, 4) is 5.75 Å². The molecule has 0 saturated carbocycles. The molecule has 4 heteroatoms. The number of rotatable bonds is 7. The molecule has 0 spiro atoms. The maximum Gasteiger partial charge on any atom is 0.137 e. The Morgan fingerprint density at radius 3 is 2.90 bits per heavy atom. The van der Waals surface area contributed by atoms with E-state index in [2.05, 4.69) is 41.7 Å². The molecule has 2 aromatic rings. The Bertz CT molecular complexity index is 539. The summed E-state index contributed by atoms with van der Waals surface area (Å²) in [5, 5.41) is 5.55. The van der Waals surface area contributed by atoms with Gasteiger partial charge < -0.3 is 10.1 Å². The molecular weight excluding hydrogens is 268 g/mol. The van der Waals surface area contributed by atoms with E-state index < -0.39 is 0 Å². The summed E-state index contributed by atoms with van der Waals surface area (Å²) in [6.07, 6.45) is 5.75. The van der Waals surface area contributed by atoms with Crippen LogP contribution in [0.2, 0.25) is 0 Å². The van der Waals surface area contributed by atoms with Gasteiger partial charge in [-0.3, -0.25) is 4.98 Å². The number of pyridine rings is 1. The van der Waals surface area contributed by atoms with Gasteiger partial charge in [-0.25, -0.2) is 0 Å². The average Bonchev–Trinajstić information content (AvgIpc) is 2.95. The molecule has 0 aliphatic rings. The SMILES string of the molecule is CCCOc1cncc(C(NC)c2sccc2CC)c1. The molecule has 2 heterocycles. The summed E-state index contributed by atoms with van der Waals surface area (Å²) < 4.78 is 5.68. The fourth-order valence-electron chi connectivity index (χ4n) is 2.23. The monoisotopic (exact) mass is 290 g/mol. The van der Waals surface area contributed by atoms with Crippen LogP contribution in [0.3, 0.4) is 0 Å². The molecule has 1 atom stereocenters. The van der Waals surface area contributed by atoms with Crippen LogP contribution in [0.5, 0.6) is 5.75 Å². The van der Waals surface area contributed by atoms with Crippen molar-refractivity contribution >= 4 is 11.3 Å². The Hall–Kier alpha value is -1.39. The molecule has 0 bridgehead atoms. The Balaban J connectivity index is 2.27. The topological polar surface area (TPSA) is 34.1 Å². The highest BCUT2D eigenvalue weighted by molar-refractivity contribution is 7.10. The third kappa shape index (κ3) is 3.38. The largest absolute Gasteiger partial charge is 0.492 e. The minimum atomic E-state index is 0.183. The van der Waals surface area contributed by atoms with E-state index in [-0.39, 0.29) is 6.04 Å². The summed E-state index contributed by atoms with van der Waals surface area (Å²) in [7, 11) is 1.99. The molecule has 1 N–H and O–H groups in total. The number of nitrogens with zero attached hydrogens (tertiary/aromatic N) is 1. The molecular formula is C16H22N2OS. The number of aromatic nitrogens is 1. The Morgan fingerprint density at radius 2 is 2.20 bits per heavy atom. The van der Waals surface area contributed by atoms with Gasteiger partial charge in [0.05, 0.1) is 18.8 Å². The number of ether oxygens (including phenoxy) is 1. The van der Waals surface area contributed by atoms with Crippen molar-refractivity contribution in [2.75, 3.05) is 13.7 Å². The van der Waals surface area contributed by atoms with Crippen molar-refractivity contribution < 1.29 is 4.74 Å². The zero-order chi connectivity index (χ0) is 14.4. The van der Waals surface area contributed by atoms with E-state index in [4.69, 9.17) is 4.74 Å². The Morgan fingerprint density at radius 1 is 1.35 bits per heavy atom. The Kier molecular flexibility index (Phi) is 5.56. The predicted molar refractivity (Wildman–Crippen MR) is 84.6 cm³/mol. The van der Waals surface area contributed by atoms with Gasteiger partial charge in [0.25, 0.3) is 0 Å². The molecule has 0 fully saturated rings. The second-order valence-electron chi connectivity index (χ2n) is 4.69. The molecule has 108 valence electrons. The van der Waals surface area contributed by atoms with Crippen LogP contribution in [0.15, 0.2) is 29.9 Å². The number of thiophene rings is 1. The van der Waals surface area contributed by atoms with Gasteiger partial charge in [0.1, 0.15) is 5.75 Å². The van der Waals surface area contributed by atoms with Crippen molar-refractivity contribution in [3.05, 3.63) is 45.9 Å². The van der Waals surface area contributed by atoms with E-state index >= 15 is 0 Å². The second-order valence-corrected chi connectivity index (χ2v) is 5.64. The fourth-order valence-corrected chi connectivity index (χ4v) is 3.37. The highest BCUT2D eigenvalue weighted by atomic mass is 32.1. The number of aryl methyl sites for hydroxylation is 1. The van der Waals surface area contributed by atoms with Crippen molar-refractivity contribution in [1.82, 2.24) is 10.3 Å². The lowest BCUT2D eigenvalue weighted by Crippen LogP contribution is -2.18. The molecule has 20 heavy (non-hydrogen) atoms. The van der Waals surface area contributed by atoms with Crippen molar-refractivity contribution in [3.63, 3.8) is 0 Å². The predicted octanol–water partition coefficient (Wildman–Crippen LogP) is 3.80. The third-order valence-electron chi connectivity index (χ3n) is 3.25. The number of hydrogen-bond donors (Lipinski definition) is 1. The van der Waals surface area contributed by atoms with Crippen LogP contribution in [-0.2, 0) is 6.42 Å². The smallest absolute Gasteiger partial charge is 0.137 e. The highest BCUT2D eigenvalue weighted by Gasteiger charge is 2.17. The van der Waals surface area contributed by atoms with Gasteiger partial charge in [-0.05, 0) is 48.5 Å². The molecule has 2 rings (SSSR count). The van der Waals surface area contributed by atoms with Crippen LogP contribution in [0.25, 0.3) is 0 Å². The van der Waals surface area contributed by atoms with Crippen LogP contribution < -0.4 is 10.1 Å². The minimum absolute atomic E-state index is 0.183. The first-order valence-corrected chi connectivity index (χ1v) is 7.99. The van der Waals surface area contributed by atoms with Crippen LogP contribution in [0.4, 0.5) is 0 Å². The molecule has 2 aromatic heterocycles. The molecule has 3 nitrogen and oxygen atoms in total. The summed E-state index contributed by atoms with van der Waals surface area (Å²) in [4.78, 5) is 5.68. The fraction of sp³-hybridized carbons (Fsp3) is 0.438. The molecule has 0 amide bonds. The number of hydrogen-bond acceptors (Lipinski definition) is 4. The van der Waals surface area contributed by atoms with Gasteiger partial charge in [-0.1, -0.05) is 13.8 Å². The highest BCUT2D eigenvalue weighted by Crippen LogP contribution is 2.30. The second kappa shape index (κ2) is 7.41. The standard InChI is InChI=1S/C16H22N2OS/c1-4-7-19-14-9-13(10-18-11-14)15(17-3)16-12(5-2)6-8-20-16/h6,8-11,15,17H,4-5,7H2,1-3H3. The maximum atomic E-state index is 5.68. The Labute approximate surface area is 125 Å². The molecule has 1 unspecified atom stereocenters. The van der Waals surface area contributed by atoms with Crippen molar-refractivity contribution in [2.45, 2.75) is 32.7 Å². The molecule has 0 radical (unpaired) electrons. The third-order valence-corrected chi connectivity index (χ3v) is 4.28. The number of nitrogens with one attached hydrogen (secondary N) is 1. The minimum Gasteiger partial charge on any atom is -0.492 e. The average molecular weight is 290 g/mol. The lowest BCUT2D eigenvalue weighted by atomic mass is 10.0. The van der Waals surface area contributed by atoms with E-state index in [1.54, 1.807) is 17.5 Å². The molecule has 0 aliphatic carbocycles. The summed E-state index contributed by atoms with van der Waals surface area (Å²) in [6, 6.07) is 4.47. The summed E-state index contributed by atoms with van der Waals surface area (Å²) in [6.45, 7) is 5.03. The van der Waals surface area contributed by atoms with Crippen LogP contribution in [-0.4, -0.2) is 18.6 Å². The lowest BCUT2D eigenvalue weighted by Gasteiger charge is -2.17. The van der Waals surface area contributed by atoms with E-state index in [0.29, 0.717) is 0 Å². The van der Waals surface area contributed by atoms with E-state index in [1.807, 2.05) is 13.2 Å². The van der Waals surface area contributed by atoms with Gasteiger partial charge in [-0.2, -0.15) is 0 Å². The first kappa shape index (κ1) is 15.0. The quantitative estimate of drug-likeness (QED) is 0.842. The van der Waals surface area contributed by atoms with Gasteiger partial charge in [-0.15, -0.1) is 11.3 Å². The van der Waals surface area contributed by atoms with Crippen LogP contribution in [0.1, 0.15) is 42.3 Å². The summed E-state index contributed by atoms with van der Waals surface area (Å²) >= 11 is 1.79. The van der Waals surface area contributed by atoms with Crippen molar-refractivity contribution in [2.24, 2.45) is 0 Å². The maximum absolute atomic E-state index is 5.68. The van der Waals surface area contributed by atoms with Crippen LogP contribution in [0, 0.1) is 0 Å². The van der Waals surface area contributed by atoms with Gasteiger partial charge >= 0.3 is 0 Å². The van der Waals surface area contributed by atoms with Gasteiger partial charge in [0.2, 0.25) is 0 Å². The van der Waals surface area contributed by atoms with Gasteiger partial charge in [0, 0.05) is 11.1 Å². The van der Waals surface area contributed by atoms with E-state index in [0.717, 1.165) is 30.8 Å². The molecule has 0 aliphatic heterocycles. The first-order valence-electron chi connectivity index (χ1n) is 7.11. The normalized spacial score (nSPS) is 12.3. The zero-order valence-electron chi connectivity index (χ0n) is 12.3. The van der Waals surface area contributed by atoms with Gasteiger partial charge in [0.15, 0.2) is 0 Å². The zero-order valence-corrected chi connectivity index (χ0v) is 13.2. The molecule has 0 saturated heterocycles. The first-order chi connectivity index (χ1) is 9.80. The lowest BCUT2D eigenvalue weighted by molar-refractivity contribution is 0.315. The summed E-state index contributed by atoms with van der Waals surface area (Å²) in [5.41, 5.74) is 2.55. The van der Waals surface area contributed by atoms with E-state index in [9.17, 15) is 0 Å². The van der Waals surface area contributed by atoms with E-state index in [1.165, 1.54) is 10.4 Å². The summed E-state index contributed by atoms with van der Waals surface area (Å²) in [5.74, 6) is 0.846.